The molecule has 0 radical (unpaired) electrons. The third-order valence-corrected chi connectivity index (χ3v) is 2.98. The molecule has 1 atom stereocenters. The van der Waals surface area contributed by atoms with Gasteiger partial charge in [-0.1, -0.05) is 6.08 Å². The molecule has 1 heterocycles. The highest BCUT2D eigenvalue weighted by molar-refractivity contribution is 7.46. The van der Waals surface area contributed by atoms with Crippen LogP contribution in [0.1, 0.15) is 20.8 Å². The van der Waals surface area contributed by atoms with Gasteiger partial charge in [0.1, 0.15) is 12.9 Å². The van der Waals surface area contributed by atoms with Gasteiger partial charge in [-0.2, -0.15) is 0 Å². The van der Waals surface area contributed by atoms with Crippen molar-refractivity contribution in [2.45, 2.75) is 26.9 Å². The predicted molar refractivity (Wildman–Crippen MR) is 71.6 cm³/mol. The van der Waals surface area contributed by atoms with E-state index in [1.54, 1.807) is 37.8 Å². The zero-order valence-electron chi connectivity index (χ0n) is 11.1. The number of phosphoric ester groups is 1. The van der Waals surface area contributed by atoms with E-state index in [1.165, 1.54) is 0 Å². The lowest BCUT2D eigenvalue weighted by Gasteiger charge is -2.24. The van der Waals surface area contributed by atoms with Crippen molar-refractivity contribution in [3.63, 3.8) is 0 Å². The number of hydrogen-bond acceptors (Lipinski definition) is 6. The van der Waals surface area contributed by atoms with E-state index in [4.69, 9.17) is 15.5 Å². The summed E-state index contributed by atoms with van der Waals surface area (Å²) < 4.78 is 15.2. The van der Waals surface area contributed by atoms with Crippen LogP contribution in [0.3, 0.4) is 0 Å². The molecule has 0 amide bonds. The second-order valence-electron chi connectivity index (χ2n) is 3.87. The highest BCUT2D eigenvalue weighted by Gasteiger charge is 2.29. The van der Waals surface area contributed by atoms with Crippen molar-refractivity contribution < 1.29 is 18.9 Å². The Bertz CT molecular complexity index is 468. The van der Waals surface area contributed by atoms with E-state index in [0.717, 1.165) is 0 Å². The Morgan fingerprint density at radius 1 is 1.63 bits per heavy atom. The summed E-state index contributed by atoms with van der Waals surface area (Å²) in [5.41, 5.74) is 6.34. The Morgan fingerprint density at radius 3 is 2.74 bits per heavy atom. The number of nitrogens with one attached hydrogen (secondary N) is 1. The summed E-state index contributed by atoms with van der Waals surface area (Å²) in [6.45, 7) is 5.11. The molecule has 5 N–H and O–H groups in total. The Labute approximate surface area is 111 Å². The summed E-state index contributed by atoms with van der Waals surface area (Å²) in [6, 6.07) is 0. The van der Waals surface area contributed by atoms with Gasteiger partial charge in [-0.25, -0.2) is 9.56 Å². The van der Waals surface area contributed by atoms with E-state index in [2.05, 4.69) is 14.8 Å². The Kier molecular flexibility index (Phi) is 5.13. The molecule has 0 aromatic rings. The zero-order valence-corrected chi connectivity index (χ0v) is 12.0. The topological polar surface area (TPSA) is 120 Å². The summed E-state index contributed by atoms with van der Waals surface area (Å²) in [6.07, 6.45) is 3.15. The maximum Gasteiger partial charge on any atom is 0.471 e. The molecule has 1 aliphatic rings. The lowest BCUT2D eigenvalue weighted by atomic mass is 10.3. The number of nitrogens with two attached hydrogens (primary N) is 1. The SMILES string of the molecule is C/C=C(/N)NC1=NC(C)N(COP(=O)(O)O)/C1=C/C. The van der Waals surface area contributed by atoms with Gasteiger partial charge in [-0.15, -0.1) is 0 Å². The fourth-order valence-corrected chi connectivity index (χ4v) is 1.86. The lowest BCUT2D eigenvalue weighted by molar-refractivity contribution is 0.104. The Balaban J connectivity index is 2.80. The molecular formula is C10H19N4O4P. The standard InChI is InChI=1S/C10H19N4O4P/c1-4-8-10(13-9(11)5-2)12-7(3)14(8)6-18-19(15,16)17/h4-5,7H,6,11H2,1-3H3,(H,12,13)(H2,15,16,17)/b8-4+,9-5-. The van der Waals surface area contributed by atoms with Gasteiger partial charge in [-0.3, -0.25) is 4.52 Å². The average molecular weight is 290 g/mol. The van der Waals surface area contributed by atoms with Gasteiger partial charge in [-0.05, 0) is 26.8 Å². The summed E-state index contributed by atoms with van der Waals surface area (Å²) in [5.74, 6) is 0.989. The van der Waals surface area contributed by atoms with Crippen LogP contribution in [-0.4, -0.2) is 33.4 Å². The quantitative estimate of drug-likeness (QED) is 0.554. The highest BCUT2D eigenvalue weighted by atomic mass is 31.2. The molecule has 0 bridgehead atoms. The van der Waals surface area contributed by atoms with Crippen LogP contribution < -0.4 is 11.1 Å². The summed E-state index contributed by atoms with van der Waals surface area (Å²) in [4.78, 5) is 23.4. The molecule has 108 valence electrons. The second-order valence-corrected chi connectivity index (χ2v) is 5.11. The van der Waals surface area contributed by atoms with Crippen molar-refractivity contribution in [3.05, 3.63) is 23.7 Å². The van der Waals surface area contributed by atoms with Gasteiger partial charge in [0.2, 0.25) is 0 Å². The van der Waals surface area contributed by atoms with Gasteiger partial charge in [0.15, 0.2) is 5.84 Å². The number of nitrogens with zero attached hydrogens (tertiary/aromatic N) is 2. The monoisotopic (exact) mass is 290 g/mol. The van der Waals surface area contributed by atoms with Crippen LogP contribution in [0.2, 0.25) is 0 Å². The number of aliphatic imine (C=N–C) groups is 1. The van der Waals surface area contributed by atoms with E-state index in [1.807, 2.05) is 0 Å². The molecule has 1 rings (SSSR count). The first-order valence-corrected chi connectivity index (χ1v) is 7.21. The fraction of sp³-hybridized carbons (Fsp3) is 0.500. The number of hydrogen-bond donors (Lipinski definition) is 4. The van der Waals surface area contributed by atoms with Crippen molar-refractivity contribution in [1.29, 1.82) is 0 Å². The van der Waals surface area contributed by atoms with Crippen molar-refractivity contribution >= 4 is 13.7 Å². The molecule has 1 aliphatic heterocycles. The molecule has 8 nitrogen and oxygen atoms in total. The number of amidine groups is 1. The molecule has 9 heteroatoms. The van der Waals surface area contributed by atoms with Crippen LogP contribution in [0, 0.1) is 0 Å². The number of allylic oxidation sites excluding steroid dienone is 2. The summed E-state index contributed by atoms with van der Waals surface area (Å²) in [5, 5.41) is 2.92. The molecular weight excluding hydrogens is 271 g/mol. The molecule has 19 heavy (non-hydrogen) atoms. The first-order valence-electron chi connectivity index (χ1n) is 5.68. The largest absolute Gasteiger partial charge is 0.471 e. The van der Waals surface area contributed by atoms with Crippen molar-refractivity contribution in [1.82, 2.24) is 10.2 Å². The molecule has 0 saturated heterocycles. The summed E-state index contributed by atoms with van der Waals surface area (Å²) in [7, 11) is -4.51. The van der Waals surface area contributed by atoms with Crippen LogP contribution in [-0.2, 0) is 9.09 Å². The van der Waals surface area contributed by atoms with Crippen LogP contribution in [0.15, 0.2) is 28.7 Å². The van der Waals surface area contributed by atoms with Gasteiger partial charge in [0.25, 0.3) is 0 Å². The van der Waals surface area contributed by atoms with Crippen molar-refractivity contribution in [2.75, 3.05) is 6.73 Å². The van der Waals surface area contributed by atoms with Gasteiger partial charge >= 0.3 is 7.82 Å². The van der Waals surface area contributed by atoms with E-state index in [-0.39, 0.29) is 12.9 Å². The third-order valence-electron chi connectivity index (χ3n) is 2.53. The van der Waals surface area contributed by atoms with Crippen LogP contribution in [0.5, 0.6) is 0 Å². The first-order chi connectivity index (χ1) is 8.78. The van der Waals surface area contributed by atoms with Crippen molar-refractivity contribution in [3.8, 4) is 0 Å². The van der Waals surface area contributed by atoms with Crippen LogP contribution >= 0.6 is 7.82 Å². The minimum absolute atomic E-state index is 0.254. The number of rotatable bonds is 4. The Morgan fingerprint density at radius 2 is 2.26 bits per heavy atom. The highest BCUT2D eigenvalue weighted by Crippen LogP contribution is 2.37. The molecule has 0 aromatic heterocycles. The fourth-order valence-electron chi connectivity index (χ4n) is 1.58. The average Bonchev–Trinajstić information content (AvgIpc) is 2.60. The molecule has 1 unspecified atom stereocenters. The van der Waals surface area contributed by atoms with Gasteiger partial charge < -0.3 is 25.7 Å². The van der Waals surface area contributed by atoms with E-state index in [9.17, 15) is 4.57 Å². The Hall–Kier alpha value is -1.34. The third kappa shape index (κ3) is 4.36. The molecule has 0 saturated carbocycles. The summed E-state index contributed by atoms with van der Waals surface area (Å²) >= 11 is 0. The van der Waals surface area contributed by atoms with Crippen LogP contribution in [0.25, 0.3) is 0 Å². The van der Waals surface area contributed by atoms with E-state index in [0.29, 0.717) is 17.4 Å². The minimum Gasteiger partial charge on any atom is -0.385 e. The zero-order chi connectivity index (χ0) is 14.6. The van der Waals surface area contributed by atoms with Crippen molar-refractivity contribution in [2.24, 2.45) is 10.7 Å². The predicted octanol–water partition coefficient (Wildman–Crippen LogP) is 0.427. The normalized spacial score (nSPS) is 22.9. The maximum absolute atomic E-state index is 10.7. The minimum atomic E-state index is -4.51. The molecule has 0 aromatic carbocycles. The maximum atomic E-state index is 10.7. The number of phosphoric acid groups is 1. The van der Waals surface area contributed by atoms with E-state index < -0.39 is 7.82 Å². The van der Waals surface area contributed by atoms with E-state index >= 15 is 0 Å². The molecule has 0 fully saturated rings. The second kappa shape index (κ2) is 6.21. The van der Waals surface area contributed by atoms with Gasteiger partial charge in [0, 0.05) is 0 Å². The smallest absolute Gasteiger partial charge is 0.385 e. The first kappa shape index (κ1) is 15.7. The lowest BCUT2D eigenvalue weighted by Crippen LogP contribution is -2.33. The molecule has 0 spiro atoms. The molecule has 0 aliphatic carbocycles. The van der Waals surface area contributed by atoms with Gasteiger partial charge in [0.05, 0.1) is 11.5 Å². The van der Waals surface area contributed by atoms with Crippen LogP contribution in [0.4, 0.5) is 0 Å².